The number of halogens is 1. The van der Waals surface area contributed by atoms with Crippen LogP contribution in [0.15, 0.2) is 12.1 Å². The molecule has 1 fully saturated rings. The molecule has 1 aliphatic heterocycles. The quantitative estimate of drug-likeness (QED) is 0.923. The summed E-state index contributed by atoms with van der Waals surface area (Å²) in [4.78, 5) is 18.3. The Kier molecular flexibility index (Phi) is 4.30. The van der Waals surface area contributed by atoms with Gasteiger partial charge in [-0.05, 0) is 24.0 Å². The summed E-state index contributed by atoms with van der Waals surface area (Å²) < 4.78 is 0. The number of carbonyl (C=O) groups excluding carboxylic acids is 1. The van der Waals surface area contributed by atoms with E-state index in [1.54, 1.807) is 0 Å². The van der Waals surface area contributed by atoms with E-state index in [4.69, 9.17) is 11.6 Å². The number of aromatic nitrogens is 1. The van der Waals surface area contributed by atoms with Gasteiger partial charge in [-0.3, -0.25) is 4.79 Å². The number of likely N-dealkylation sites (tertiary alicyclic amines) is 1. The number of anilines is 1. The Hall–Kier alpha value is -1.29. The van der Waals surface area contributed by atoms with Crippen LogP contribution >= 0.6 is 11.6 Å². The summed E-state index contributed by atoms with van der Waals surface area (Å²) in [6, 6.07) is 3.64. The molecule has 0 bridgehead atoms. The van der Waals surface area contributed by atoms with Gasteiger partial charge < -0.3 is 10.2 Å². The molecule has 19 heavy (non-hydrogen) atoms. The van der Waals surface area contributed by atoms with Crippen LogP contribution in [0.1, 0.15) is 26.0 Å². The fraction of sp³-hybridized carbons (Fsp3) is 0.571. The summed E-state index contributed by atoms with van der Waals surface area (Å²) in [5.41, 5.74) is 0.756. The third kappa shape index (κ3) is 3.18. The van der Waals surface area contributed by atoms with Crippen LogP contribution in [-0.2, 0) is 11.3 Å². The van der Waals surface area contributed by atoms with E-state index in [9.17, 15) is 4.79 Å². The predicted octanol–water partition coefficient (Wildman–Crippen LogP) is 2.78. The van der Waals surface area contributed by atoms with E-state index in [-0.39, 0.29) is 5.91 Å². The van der Waals surface area contributed by atoms with Crippen molar-refractivity contribution in [3.8, 4) is 0 Å². The van der Waals surface area contributed by atoms with Gasteiger partial charge in [0.25, 0.3) is 0 Å². The Bertz CT molecular complexity index is 476. The van der Waals surface area contributed by atoms with Crippen LogP contribution in [0.4, 0.5) is 5.82 Å². The van der Waals surface area contributed by atoms with Crippen molar-refractivity contribution in [3.63, 3.8) is 0 Å². The SMILES string of the molecule is CNc1ccc(Cl)c(CN2CC(C(C)C)CC2=O)n1. The Morgan fingerprint density at radius 2 is 2.26 bits per heavy atom. The average Bonchev–Trinajstić information content (AvgIpc) is 2.74. The zero-order chi connectivity index (χ0) is 14.0. The maximum absolute atomic E-state index is 12.0. The molecule has 1 N–H and O–H groups in total. The van der Waals surface area contributed by atoms with Crippen LogP contribution in [0, 0.1) is 11.8 Å². The lowest BCUT2D eigenvalue weighted by Gasteiger charge is -2.18. The molecule has 2 heterocycles. The van der Waals surface area contributed by atoms with E-state index in [0.717, 1.165) is 18.1 Å². The van der Waals surface area contributed by atoms with Gasteiger partial charge in [-0.1, -0.05) is 25.4 Å². The second-order valence-corrected chi connectivity index (χ2v) is 5.76. The largest absolute Gasteiger partial charge is 0.373 e. The number of rotatable bonds is 4. The van der Waals surface area contributed by atoms with E-state index in [2.05, 4.69) is 24.1 Å². The highest BCUT2D eigenvalue weighted by atomic mass is 35.5. The van der Waals surface area contributed by atoms with Gasteiger partial charge in [0.2, 0.25) is 5.91 Å². The molecule has 0 aromatic carbocycles. The molecule has 4 nitrogen and oxygen atoms in total. The Labute approximate surface area is 119 Å². The number of carbonyl (C=O) groups is 1. The molecule has 1 atom stereocenters. The maximum atomic E-state index is 12.0. The molecule has 1 aliphatic rings. The topological polar surface area (TPSA) is 45.2 Å². The van der Waals surface area contributed by atoms with E-state index >= 15 is 0 Å². The van der Waals surface area contributed by atoms with Crippen LogP contribution in [0.2, 0.25) is 5.02 Å². The van der Waals surface area contributed by atoms with Gasteiger partial charge in [0.05, 0.1) is 17.3 Å². The lowest BCUT2D eigenvalue weighted by Crippen LogP contribution is -2.26. The number of nitrogens with zero attached hydrogens (tertiary/aromatic N) is 2. The predicted molar refractivity (Wildman–Crippen MR) is 77.2 cm³/mol. The Balaban J connectivity index is 2.11. The molecule has 1 aromatic heterocycles. The van der Waals surface area contributed by atoms with Crippen LogP contribution in [0.5, 0.6) is 0 Å². The van der Waals surface area contributed by atoms with Crippen LogP contribution in [0.25, 0.3) is 0 Å². The van der Waals surface area contributed by atoms with Crippen molar-refractivity contribution in [1.29, 1.82) is 0 Å². The average molecular weight is 282 g/mol. The molecule has 0 saturated carbocycles. The molecule has 0 radical (unpaired) electrons. The molecule has 1 aromatic rings. The van der Waals surface area contributed by atoms with Crippen LogP contribution in [0.3, 0.4) is 0 Å². The van der Waals surface area contributed by atoms with Gasteiger partial charge in [-0.2, -0.15) is 0 Å². The second kappa shape index (κ2) is 5.78. The fourth-order valence-electron chi connectivity index (χ4n) is 2.32. The number of pyridine rings is 1. The number of hydrogen-bond acceptors (Lipinski definition) is 3. The number of hydrogen-bond donors (Lipinski definition) is 1. The van der Waals surface area contributed by atoms with Crippen molar-refractivity contribution >= 4 is 23.3 Å². The standard InChI is InChI=1S/C14H20ClN3O/c1-9(2)10-6-14(19)18(7-10)8-12-11(15)4-5-13(16-3)17-12/h4-5,9-10H,6-8H2,1-3H3,(H,16,17). The number of nitrogens with one attached hydrogen (secondary N) is 1. The smallest absolute Gasteiger partial charge is 0.223 e. The molecule has 1 amide bonds. The lowest BCUT2D eigenvalue weighted by atomic mass is 9.95. The molecule has 0 aliphatic carbocycles. The molecular formula is C14H20ClN3O. The van der Waals surface area contributed by atoms with Gasteiger partial charge in [0.15, 0.2) is 0 Å². The summed E-state index contributed by atoms with van der Waals surface area (Å²) in [6.07, 6.45) is 0.640. The molecule has 1 saturated heterocycles. The first-order chi connectivity index (χ1) is 9.01. The van der Waals surface area contributed by atoms with E-state index in [0.29, 0.717) is 29.8 Å². The lowest BCUT2D eigenvalue weighted by molar-refractivity contribution is -0.128. The van der Waals surface area contributed by atoms with Gasteiger partial charge in [0.1, 0.15) is 5.82 Å². The summed E-state index contributed by atoms with van der Waals surface area (Å²) in [5.74, 6) is 1.94. The van der Waals surface area contributed by atoms with Crippen molar-refractivity contribution in [2.45, 2.75) is 26.8 Å². The van der Waals surface area contributed by atoms with Gasteiger partial charge in [0, 0.05) is 20.0 Å². The van der Waals surface area contributed by atoms with Crippen molar-refractivity contribution in [2.24, 2.45) is 11.8 Å². The summed E-state index contributed by atoms with van der Waals surface area (Å²) in [6.45, 7) is 5.62. The highest BCUT2D eigenvalue weighted by Crippen LogP contribution is 2.27. The van der Waals surface area contributed by atoms with Crippen molar-refractivity contribution in [1.82, 2.24) is 9.88 Å². The monoisotopic (exact) mass is 281 g/mol. The molecule has 2 rings (SSSR count). The minimum absolute atomic E-state index is 0.200. The third-order valence-electron chi connectivity index (χ3n) is 3.70. The first-order valence-electron chi connectivity index (χ1n) is 6.62. The van der Waals surface area contributed by atoms with Crippen molar-refractivity contribution in [2.75, 3.05) is 18.9 Å². The maximum Gasteiger partial charge on any atom is 0.223 e. The van der Waals surface area contributed by atoms with Crippen LogP contribution in [-0.4, -0.2) is 29.4 Å². The van der Waals surface area contributed by atoms with E-state index in [1.165, 1.54) is 0 Å². The molecule has 104 valence electrons. The van der Waals surface area contributed by atoms with Crippen LogP contribution < -0.4 is 5.32 Å². The summed E-state index contributed by atoms with van der Waals surface area (Å²) in [5, 5.41) is 3.60. The van der Waals surface area contributed by atoms with E-state index < -0.39 is 0 Å². The minimum atomic E-state index is 0.200. The zero-order valence-corrected chi connectivity index (χ0v) is 12.4. The molecular weight excluding hydrogens is 262 g/mol. The Morgan fingerprint density at radius 3 is 2.84 bits per heavy atom. The summed E-state index contributed by atoms with van der Waals surface area (Å²) >= 11 is 6.15. The number of amides is 1. The first-order valence-corrected chi connectivity index (χ1v) is 7.00. The fourth-order valence-corrected chi connectivity index (χ4v) is 2.48. The minimum Gasteiger partial charge on any atom is -0.373 e. The third-order valence-corrected chi connectivity index (χ3v) is 4.05. The normalized spacial score (nSPS) is 19.3. The van der Waals surface area contributed by atoms with Gasteiger partial charge in [-0.15, -0.1) is 0 Å². The summed E-state index contributed by atoms with van der Waals surface area (Å²) in [7, 11) is 1.82. The highest BCUT2D eigenvalue weighted by Gasteiger charge is 2.31. The Morgan fingerprint density at radius 1 is 1.53 bits per heavy atom. The van der Waals surface area contributed by atoms with E-state index in [1.807, 2.05) is 24.1 Å². The van der Waals surface area contributed by atoms with Crippen molar-refractivity contribution in [3.05, 3.63) is 22.8 Å². The molecule has 1 unspecified atom stereocenters. The molecule has 5 heteroatoms. The van der Waals surface area contributed by atoms with Crippen molar-refractivity contribution < 1.29 is 4.79 Å². The zero-order valence-electron chi connectivity index (χ0n) is 11.6. The van der Waals surface area contributed by atoms with Gasteiger partial charge >= 0.3 is 0 Å². The highest BCUT2D eigenvalue weighted by molar-refractivity contribution is 6.31. The van der Waals surface area contributed by atoms with Gasteiger partial charge in [-0.25, -0.2) is 4.98 Å². The first kappa shape index (κ1) is 14.1. The second-order valence-electron chi connectivity index (χ2n) is 5.36. The molecule has 0 spiro atoms.